The van der Waals surface area contributed by atoms with Crippen LogP contribution >= 0.6 is 0 Å². The Hall–Kier alpha value is 0.284. The van der Waals surface area contributed by atoms with E-state index in [2.05, 4.69) is 6.92 Å². The minimum absolute atomic E-state index is 0. The predicted molar refractivity (Wildman–Crippen MR) is 48.4 cm³/mol. The van der Waals surface area contributed by atoms with Crippen molar-refractivity contribution >= 4 is 27.0 Å². The quantitative estimate of drug-likeness (QED) is 0.277. The molecule has 0 aliphatic carbocycles. The molecule has 0 saturated heterocycles. The van der Waals surface area contributed by atoms with Crippen LogP contribution in [0.15, 0.2) is 30.3 Å². The maximum absolute atomic E-state index is 3.72. The van der Waals surface area contributed by atoms with E-state index in [4.69, 9.17) is 0 Å². The van der Waals surface area contributed by atoms with Crippen LogP contribution in [0.2, 0.25) is 0 Å². The third-order valence-corrected chi connectivity index (χ3v) is 0.843. The van der Waals surface area contributed by atoms with Crippen LogP contribution in [0.25, 0.3) is 0 Å². The van der Waals surface area contributed by atoms with Crippen molar-refractivity contribution < 1.29 is 16.5 Å². The largest absolute Gasteiger partial charge is 3.00 e. The van der Waals surface area contributed by atoms with Gasteiger partial charge in [0.1, 0.15) is 0 Å². The third-order valence-electron chi connectivity index (χ3n) is 0.843. The molecule has 1 rings (SSSR count). The van der Waals surface area contributed by atoms with E-state index in [0.29, 0.717) is 0 Å². The van der Waals surface area contributed by atoms with Gasteiger partial charge >= 0.3 is 16.5 Å². The van der Waals surface area contributed by atoms with Crippen molar-refractivity contribution in [3.63, 3.8) is 0 Å². The normalized spacial score (nSPS) is 6.00. The first-order valence-corrected chi connectivity index (χ1v) is 2.26. The van der Waals surface area contributed by atoms with Crippen LogP contribution in [0, 0.1) is 6.92 Å². The number of rotatable bonds is 0. The monoisotopic (exact) mass is 215 g/mol. The van der Waals surface area contributed by atoms with Gasteiger partial charge in [0.15, 0.2) is 0 Å². The molecule has 1 aromatic rings. The summed E-state index contributed by atoms with van der Waals surface area (Å²) in [6.45, 7) is 3.72. The molecule has 0 nitrogen and oxygen atoms in total. The SMILES string of the molecule is [CH2-]c1ccccc1.[Ni+3].[SH-].[SH-]. The third kappa shape index (κ3) is 6.40. The molecule has 0 atom stereocenters. The summed E-state index contributed by atoms with van der Waals surface area (Å²) in [5, 5.41) is 0. The summed E-state index contributed by atoms with van der Waals surface area (Å²) < 4.78 is 0. The van der Waals surface area contributed by atoms with Crippen molar-refractivity contribution in [2.75, 3.05) is 0 Å². The summed E-state index contributed by atoms with van der Waals surface area (Å²) in [6, 6.07) is 9.87. The van der Waals surface area contributed by atoms with Gasteiger partial charge in [0.2, 0.25) is 0 Å². The molecule has 3 heteroatoms. The zero-order chi connectivity index (χ0) is 5.11. The van der Waals surface area contributed by atoms with Gasteiger partial charge in [0, 0.05) is 0 Å². The molecule has 0 bridgehead atoms. The Morgan fingerprint density at radius 1 is 0.900 bits per heavy atom. The molecule has 1 aromatic carbocycles. The van der Waals surface area contributed by atoms with Crippen molar-refractivity contribution in [1.29, 1.82) is 0 Å². The van der Waals surface area contributed by atoms with E-state index < -0.39 is 0 Å². The molecular formula is C7H9NiS2. The number of thiol groups is 2. The first-order chi connectivity index (χ1) is 3.39. The van der Waals surface area contributed by atoms with Gasteiger partial charge in [0.05, 0.1) is 0 Å². The van der Waals surface area contributed by atoms with Crippen molar-refractivity contribution in [2.45, 2.75) is 0 Å². The molecule has 0 saturated carbocycles. The molecule has 0 N–H and O–H groups in total. The average molecular weight is 216 g/mol. The van der Waals surface area contributed by atoms with E-state index in [1.807, 2.05) is 30.3 Å². The molecule has 1 radical (unpaired) electrons. The molecule has 10 heavy (non-hydrogen) atoms. The minimum Gasteiger partial charge on any atom is -0.813 e. The Bertz CT molecular complexity index is 142. The van der Waals surface area contributed by atoms with Gasteiger partial charge in [-0.2, -0.15) is 24.6 Å². The molecule has 0 heterocycles. The number of hydrogen-bond donors (Lipinski definition) is 0. The fourth-order valence-corrected chi connectivity index (χ4v) is 0.478. The van der Waals surface area contributed by atoms with Gasteiger partial charge in [-0.25, -0.2) is 0 Å². The number of hydrogen-bond acceptors (Lipinski definition) is 2. The van der Waals surface area contributed by atoms with Crippen LogP contribution in [0.5, 0.6) is 0 Å². The van der Waals surface area contributed by atoms with Crippen molar-refractivity contribution in [2.24, 2.45) is 0 Å². The summed E-state index contributed by atoms with van der Waals surface area (Å²) in [7, 11) is 0. The summed E-state index contributed by atoms with van der Waals surface area (Å²) >= 11 is 0. The van der Waals surface area contributed by atoms with E-state index in [-0.39, 0.29) is 43.5 Å². The van der Waals surface area contributed by atoms with Gasteiger partial charge in [-0.15, -0.1) is 12.1 Å². The Morgan fingerprint density at radius 2 is 1.30 bits per heavy atom. The fraction of sp³-hybridized carbons (Fsp3) is 0. The van der Waals surface area contributed by atoms with Crippen molar-refractivity contribution in [3.05, 3.63) is 42.8 Å². The molecule has 0 aromatic heterocycles. The maximum atomic E-state index is 3.72. The molecule has 0 fully saturated rings. The van der Waals surface area contributed by atoms with Gasteiger partial charge in [-0.05, 0) is 0 Å². The van der Waals surface area contributed by atoms with Crippen LogP contribution in [0.4, 0.5) is 0 Å². The van der Waals surface area contributed by atoms with E-state index in [9.17, 15) is 0 Å². The van der Waals surface area contributed by atoms with Gasteiger partial charge in [-0.3, -0.25) is 0 Å². The molecule has 59 valence electrons. The molecular weight excluding hydrogens is 207 g/mol. The number of benzene rings is 1. The summed E-state index contributed by atoms with van der Waals surface area (Å²) in [5.41, 5.74) is 1.07. The first kappa shape index (κ1) is 16.7. The zero-order valence-electron chi connectivity index (χ0n) is 5.30. The molecule has 0 aliphatic rings. The van der Waals surface area contributed by atoms with E-state index >= 15 is 0 Å². The Balaban J connectivity index is -0.000000163. The molecule has 0 amide bonds. The maximum Gasteiger partial charge on any atom is 3.00 e. The second-order valence-electron chi connectivity index (χ2n) is 1.49. The van der Waals surface area contributed by atoms with E-state index in [1.165, 1.54) is 0 Å². The average Bonchev–Trinajstić information content (AvgIpc) is 1.69. The second kappa shape index (κ2) is 9.28. The standard InChI is InChI=1S/C7H7.Ni.2H2S/c1-7-5-3-2-4-6-7;;;/h2-6H,1H2;;2*1H2/q-1;+3;;/p-2. The van der Waals surface area contributed by atoms with E-state index in [0.717, 1.165) is 5.56 Å². The van der Waals surface area contributed by atoms with Crippen LogP contribution in [0.1, 0.15) is 5.56 Å². The second-order valence-corrected chi connectivity index (χ2v) is 1.49. The van der Waals surface area contributed by atoms with Crippen LogP contribution in [-0.2, 0) is 43.5 Å². The summed E-state index contributed by atoms with van der Waals surface area (Å²) in [4.78, 5) is 0. The zero-order valence-corrected chi connectivity index (χ0v) is 8.08. The van der Waals surface area contributed by atoms with Gasteiger partial charge < -0.3 is 27.0 Å². The van der Waals surface area contributed by atoms with Gasteiger partial charge in [-0.1, -0.05) is 6.07 Å². The first-order valence-electron chi connectivity index (χ1n) is 2.26. The minimum atomic E-state index is 0. The Labute approximate surface area is 86.2 Å². The van der Waals surface area contributed by atoms with Crippen molar-refractivity contribution in [3.8, 4) is 0 Å². The topological polar surface area (TPSA) is 0 Å². The van der Waals surface area contributed by atoms with E-state index in [1.54, 1.807) is 0 Å². The van der Waals surface area contributed by atoms with Crippen LogP contribution in [0.3, 0.4) is 0 Å². The molecule has 0 spiro atoms. The fourth-order valence-electron chi connectivity index (χ4n) is 0.478. The molecule has 0 aliphatic heterocycles. The van der Waals surface area contributed by atoms with Crippen molar-refractivity contribution in [1.82, 2.24) is 0 Å². The van der Waals surface area contributed by atoms with Crippen LogP contribution in [-0.4, -0.2) is 0 Å². The Morgan fingerprint density at radius 3 is 1.50 bits per heavy atom. The smallest absolute Gasteiger partial charge is 0.813 e. The predicted octanol–water partition coefficient (Wildman–Crippen LogP) is 1.33. The van der Waals surface area contributed by atoms with Crippen LogP contribution < -0.4 is 0 Å². The van der Waals surface area contributed by atoms with Gasteiger partial charge in [0.25, 0.3) is 0 Å². The molecule has 0 unspecified atom stereocenters. The summed E-state index contributed by atoms with van der Waals surface area (Å²) in [5.74, 6) is 0. The Kier molecular flexibility index (Phi) is 15.5. The summed E-state index contributed by atoms with van der Waals surface area (Å²) in [6.07, 6.45) is 0.